The summed E-state index contributed by atoms with van der Waals surface area (Å²) in [6, 6.07) is 17.2. The standard InChI is InChI=1S/C23H16F3N5OS/c1-14-5-7-19(32-13-15-6-8-20-18(12-15)29-30-33-20)16(11-14)17-3-2-4-22(28-17)31-21(9-10-27-31)23(24,25)26/h2-12H,13H2,1H3. The summed E-state index contributed by atoms with van der Waals surface area (Å²) in [5.41, 5.74) is 2.96. The average molecular weight is 467 g/mol. The van der Waals surface area contributed by atoms with Crippen LogP contribution in [0, 0.1) is 6.92 Å². The minimum Gasteiger partial charge on any atom is -0.488 e. The van der Waals surface area contributed by atoms with Gasteiger partial charge in [0.1, 0.15) is 23.6 Å². The number of aromatic nitrogens is 5. The first-order valence-corrected chi connectivity index (χ1v) is 10.7. The molecular weight excluding hydrogens is 451 g/mol. The van der Waals surface area contributed by atoms with Gasteiger partial charge >= 0.3 is 6.18 Å². The molecule has 5 aromatic rings. The van der Waals surface area contributed by atoms with Crippen LogP contribution in [0.25, 0.3) is 27.3 Å². The van der Waals surface area contributed by atoms with Crippen LogP contribution in [0.1, 0.15) is 16.8 Å². The van der Waals surface area contributed by atoms with Crippen LogP contribution in [0.15, 0.2) is 66.9 Å². The SMILES string of the molecule is Cc1ccc(OCc2ccc3snnc3c2)c(-c2cccc(-n3nccc3C(F)(F)F)n2)c1. The molecule has 0 radical (unpaired) electrons. The lowest BCUT2D eigenvalue weighted by Crippen LogP contribution is -2.14. The largest absolute Gasteiger partial charge is 0.488 e. The molecule has 0 saturated carbocycles. The van der Waals surface area contributed by atoms with E-state index in [1.165, 1.54) is 17.6 Å². The summed E-state index contributed by atoms with van der Waals surface area (Å²) in [4.78, 5) is 4.45. The van der Waals surface area contributed by atoms with Crippen LogP contribution in [0.4, 0.5) is 13.2 Å². The molecule has 166 valence electrons. The van der Waals surface area contributed by atoms with Crippen LogP contribution >= 0.6 is 11.5 Å². The van der Waals surface area contributed by atoms with Gasteiger partial charge in [-0.15, -0.1) is 5.10 Å². The summed E-state index contributed by atoms with van der Waals surface area (Å²) in [7, 11) is 0. The van der Waals surface area contributed by atoms with Crippen molar-refractivity contribution in [3.63, 3.8) is 0 Å². The van der Waals surface area contributed by atoms with Gasteiger partial charge in [0.2, 0.25) is 0 Å². The summed E-state index contributed by atoms with van der Waals surface area (Å²) >= 11 is 1.33. The molecule has 0 spiro atoms. The van der Waals surface area contributed by atoms with Gasteiger partial charge in [-0.1, -0.05) is 28.3 Å². The van der Waals surface area contributed by atoms with E-state index in [2.05, 4.69) is 19.7 Å². The predicted octanol–water partition coefficient (Wildman–Crippen LogP) is 5.85. The van der Waals surface area contributed by atoms with Crippen molar-refractivity contribution in [3.05, 3.63) is 83.7 Å². The van der Waals surface area contributed by atoms with E-state index in [1.807, 2.05) is 43.3 Å². The number of hydrogen-bond donors (Lipinski definition) is 0. The summed E-state index contributed by atoms with van der Waals surface area (Å²) < 4.78 is 51.8. The van der Waals surface area contributed by atoms with Crippen molar-refractivity contribution in [1.82, 2.24) is 24.4 Å². The third-order valence-electron chi connectivity index (χ3n) is 5.00. The first kappa shape index (κ1) is 21.1. The Morgan fingerprint density at radius 1 is 1.03 bits per heavy atom. The molecule has 0 bridgehead atoms. The third-order valence-corrected chi connectivity index (χ3v) is 5.71. The highest BCUT2D eigenvalue weighted by Gasteiger charge is 2.35. The van der Waals surface area contributed by atoms with E-state index in [4.69, 9.17) is 4.74 Å². The Morgan fingerprint density at radius 2 is 1.91 bits per heavy atom. The molecule has 33 heavy (non-hydrogen) atoms. The molecule has 3 aromatic heterocycles. The lowest BCUT2D eigenvalue weighted by molar-refractivity contribution is -0.142. The molecule has 5 rings (SSSR count). The summed E-state index contributed by atoms with van der Waals surface area (Å²) in [5.74, 6) is 0.636. The number of aryl methyl sites for hydroxylation is 1. The highest BCUT2D eigenvalue weighted by atomic mass is 32.1. The zero-order chi connectivity index (χ0) is 23.0. The minimum atomic E-state index is -4.54. The third kappa shape index (κ3) is 4.29. The van der Waals surface area contributed by atoms with Gasteiger partial charge < -0.3 is 4.74 Å². The quantitative estimate of drug-likeness (QED) is 0.325. The second kappa shape index (κ2) is 8.28. The average Bonchev–Trinajstić information content (AvgIpc) is 3.47. The molecule has 10 heteroatoms. The molecule has 0 unspecified atom stereocenters. The van der Waals surface area contributed by atoms with Crippen molar-refractivity contribution in [2.75, 3.05) is 0 Å². The summed E-state index contributed by atoms with van der Waals surface area (Å²) in [6.07, 6.45) is -3.44. The molecule has 0 amide bonds. The Hall–Kier alpha value is -3.79. The molecule has 0 aliphatic carbocycles. The van der Waals surface area contributed by atoms with E-state index in [-0.39, 0.29) is 5.82 Å². The fourth-order valence-electron chi connectivity index (χ4n) is 3.44. The van der Waals surface area contributed by atoms with Crippen LogP contribution in [0.2, 0.25) is 0 Å². The number of rotatable bonds is 5. The van der Waals surface area contributed by atoms with Gasteiger partial charge in [-0.05, 0) is 66.5 Å². The number of halogens is 3. The Labute approximate surface area is 190 Å². The van der Waals surface area contributed by atoms with Gasteiger partial charge in [-0.3, -0.25) is 0 Å². The maximum Gasteiger partial charge on any atom is 0.433 e. The van der Waals surface area contributed by atoms with Crippen molar-refractivity contribution in [3.8, 4) is 22.8 Å². The number of fused-ring (bicyclic) bond motifs is 1. The Bertz CT molecular complexity index is 1440. The number of pyridine rings is 1. The monoisotopic (exact) mass is 467 g/mol. The fraction of sp³-hybridized carbons (Fsp3) is 0.130. The molecule has 0 aliphatic rings. The highest BCUT2D eigenvalue weighted by molar-refractivity contribution is 7.12. The molecule has 0 aliphatic heterocycles. The molecule has 2 aromatic carbocycles. The van der Waals surface area contributed by atoms with Crippen molar-refractivity contribution >= 4 is 21.7 Å². The van der Waals surface area contributed by atoms with E-state index in [0.29, 0.717) is 23.6 Å². The minimum absolute atomic E-state index is 0.0683. The Morgan fingerprint density at radius 3 is 2.76 bits per heavy atom. The number of benzene rings is 2. The topological polar surface area (TPSA) is 65.7 Å². The number of ether oxygens (including phenoxy) is 1. The van der Waals surface area contributed by atoms with Gasteiger partial charge in [0.05, 0.1) is 16.6 Å². The van der Waals surface area contributed by atoms with E-state index < -0.39 is 11.9 Å². The zero-order valence-electron chi connectivity index (χ0n) is 17.2. The Balaban J connectivity index is 1.48. The van der Waals surface area contributed by atoms with Crippen molar-refractivity contribution in [2.24, 2.45) is 0 Å². The first-order valence-electron chi connectivity index (χ1n) is 9.92. The molecule has 0 N–H and O–H groups in total. The number of nitrogens with zero attached hydrogens (tertiary/aromatic N) is 5. The van der Waals surface area contributed by atoms with Crippen molar-refractivity contribution in [2.45, 2.75) is 19.7 Å². The molecule has 3 heterocycles. The normalized spacial score (nSPS) is 11.8. The number of alkyl halides is 3. The fourth-order valence-corrected chi connectivity index (χ4v) is 3.98. The summed E-state index contributed by atoms with van der Waals surface area (Å²) in [5, 5.41) is 7.90. The molecule has 0 fully saturated rings. The molecule has 6 nitrogen and oxygen atoms in total. The van der Waals surface area contributed by atoms with Crippen LogP contribution in [-0.2, 0) is 12.8 Å². The first-order chi connectivity index (χ1) is 15.9. The van der Waals surface area contributed by atoms with Gasteiger partial charge in [0.25, 0.3) is 0 Å². The van der Waals surface area contributed by atoms with Crippen molar-refractivity contribution in [1.29, 1.82) is 0 Å². The second-order valence-electron chi connectivity index (χ2n) is 7.37. The maximum absolute atomic E-state index is 13.3. The molecule has 0 atom stereocenters. The second-order valence-corrected chi connectivity index (χ2v) is 8.16. The van der Waals surface area contributed by atoms with Gasteiger partial charge in [0.15, 0.2) is 5.82 Å². The van der Waals surface area contributed by atoms with E-state index in [0.717, 1.165) is 38.3 Å². The number of hydrogen-bond acceptors (Lipinski definition) is 6. The van der Waals surface area contributed by atoms with E-state index in [1.54, 1.807) is 12.1 Å². The molecular formula is C23H16F3N5OS. The predicted molar refractivity (Wildman–Crippen MR) is 118 cm³/mol. The van der Waals surface area contributed by atoms with Gasteiger partial charge in [-0.25, -0.2) is 9.67 Å². The molecule has 0 saturated heterocycles. The van der Waals surface area contributed by atoms with Crippen LogP contribution in [-0.4, -0.2) is 24.4 Å². The highest BCUT2D eigenvalue weighted by Crippen LogP contribution is 2.33. The van der Waals surface area contributed by atoms with E-state index >= 15 is 0 Å². The maximum atomic E-state index is 13.3. The smallest absolute Gasteiger partial charge is 0.433 e. The zero-order valence-corrected chi connectivity index (χ0v) is 18.1. The van der Waals surface area contributed by atoms with Gasteiger partial charge in [-0.2, -0.15) is 18.3 Å². The van der Waals surface area contributed by atoms with Gasteiger partial charge in [0, 0.05) is 5.56 Å². The summed E-state index contributed by atoms with van der Waals surface area (Å²) in [6.45, 7) is 2.22. The lowest BCUT2D eigenvalue weighted by atomic mass is 10.1. The van der Waals surface area contributed by atoms with Crippen LogP contribution in [0.3, 0.4) is 0 Å². The van der Waals surface area contributed by atoms with Crippen molar-refractivity contribution < 1.29 is 17.9 Å². The van der Waals surface area contributed by atoms with E-state index in [9.17, 15) is 13.2 Å². The lowest BCUT2D eigenvalue weighted by Gasteiger charge is -2.14. The van der Waals surface area contributed by atoms with Crippen LogP contribution < -0.4 is 4.74 Å². The van der Waals surface area contributed by atoms with Crippen LogP contribution in [0.5, 0.6) is 5.75 Å². The Kier molecular flexibility index (Phi) is 5.29.